The fraction of sp³-hybridized carbons (Fsp3) is 0.462. The normalized spacial score (nSPS) is 11.6. The molecule has 0 aromatic heterocycles. The lowest BCUT2D eigenvalue weighted by molar-refractivity contribution is -0.120. The first-order valence-corrected chi connectivity index (χ1v) is 7.83. The molecule has 0 saturated heterocycles. The fourth-order valence-electron chi connectivity index (χ4n) is 1.70. The van der Waals surface area contributed by atoms with Crippen molar-refractivity contribution >= 4 is 21.6 Å². The molecule has 0 heterocycles. The minimum absolute atomic E-state index is 0.109. The molecule has 6 nitrogen and oxygen atoms in total. The van der Waals surface area contributed by atoms with E-state index in [2.05, 4.69) is 5.32 Å². The molecule has 1 rings (SSSR count). The highest BCUT2D eigenvalue weighted by Gasteiger charge is 2.25. The summed E-state index contributed by atoms with van der Waals surface area (Å²) >= 11 is 0. The molecule has 1 amide bonds. The van der Waals surface area contributed by atoms with E-state index < -0.39 is 10.0 Å². The van der Waals surface area contributed by atoms with Crippen LogP contribution in [-0.2, 0) is 14.8 Å². The zero-order valence-electron chi connectivity index (χ0n) is 12.0. The Morgan fingerprint density at radius 3 is 2.55 bits per heavy atom. The van der Waals surface area contributed by atoms with Crippen molar-refractivity contribution in [3.8, 4) is 0 Å². The molecule has 1 aromatic rings. The predicted molar refractivity (Wildman–Crippen MR) is 78.7 cm³/mol. The van der Waals surface area contributed by atoms with Gasteiger partial charge in [-0.05, 0) is 31.0 Å². The lowest BCUT2D eigenvalue weighted by Crippen LogP contribution is -2.40. The van der Waals surface area contributed by atoms with Crippen LogP contribution < -0.4 is 11.1 Å². The summed E-state index contributed by atoms with van der Waals surface area (Å²) in [6.07, 6.45) is 0.623. The number of nitrogens with zero attached hydrogens (tertiary/aromatic N) is 1. The highest BCUT2D eigenvalue weighted by Crippen LogP contribution is 2.21. The molecule has 0 bridgehead atoms. The molecule has 0 radical (unpaired) electrons. The van der Waals surface area contributed by atoms with Gasteiger partial charge < -0.3 is 11.1 Å². The van der Waals surface area contributed by atoms with Crippen LogP contribution in [0.2, 0.25) is 0 Å². The number of amides is 1. The number of nitrogens with one attached hydrogen (secondary N) is 1. The molecule has 0 unspecified atom stereocenters. The van der Waals surface area contributed by atoms with Crippen LogP contribution in [0.3, 0.4) is 0 Å². The number of rotatable bonds is 6. The lowest BCUT2D eigenvalue weighted by Gasteiger charge is -2.21. The Morgan fingerprint density at radius 1 is 1.40 bits per heavy atom. The summed E-state index contributed by atoms with van der Waals surface area (Å²) in [6, 6.07) is 4.59. The third-order valence-corrected chi connectivity index (χ3v) is 4.80. The summed E-state index contributed by atoms with van der Waals surface area (Å²) in [7, 11) is -2.24. The standard InChI is InChI=1S/C13H21N3O3S/c1-4-7-16(9-13(17)15-3)20(18,19)11-6-5-10(2)12(14)8-11/h5-6,8H,4,7,9,14H2,1-3H3,(H,15,17). The number of nitrogen functional groups attached to an aromatic ring is 1. The summed E-state index contributed by atoms with van der Waals surface area (Å²) in [4.78, 5) is 11.6. The number of hydrogen-bond acceptors (Lipinski definition) is 4. The first-order chi connectivity index (χ1) is 9.32. The number of carbonyl (C=O) groups excluding carboxylic acids is 1. The van der Waals surface area contributed by atoms with Gasteiger partial charge in [-0.25, -0.2) is 8.42 Å². The summed E-state index contributed by atoms with van der Waals surface area (Å²) in [5.74, 6) is -0.345. The third kappa shape index (κ3) is 3.71. The third-order valence-electron chi connectivity index (χ3n) is 2.96. The molecule has 0 aliphatic rings. The monoisotopic (exact) mass is 299 g/mol. The minimum Gasteiger partial charge on any atom is -0.398 e. The first-order valence-electron chi connectivity index (χ1n) is 6.39. The maximum Gasteiger partial charge on any atom is 0.243 e. The Hall–Kier alpha value is -1.60. The smallest absolute Gasteiger partial charge is 0.243 e. The van der Waals surface area contributed by atoms with Gasteiger partial charge in [0.25, 0.3) is 0 Å². The number of aryl methyl sites for hydroxylation is 1. The van der Waals surface area contributed by atoms with Crippen molar-refractivity contribution in [2.75, 3.05) is 25.9 Å². The molecule has 0 fully saturated rings. The molecule has 0 aliphatic heterocycles. The molecule has 0 atom stereocenters. The fourth-order valence-corrected chi connectivity index (χ4v) is 3.23. The summed E-state index contributed by atoms with van der Waals surface area (Å²) < 4.78 is 26.2. The van der Waals surface area contributed by atoms with Crippen molar-refractivity contribution in [2.24, 2.45) is 0 Å². The van der Waals surface area contributed by atoms with E-state index in [1.165, 1.54) is 19.2 Å². The zero-order chi connectivity index (χ0) is 15.3. The largest absolute Gasteiger partial charge is 0.398 e. The summed E-state index contributed by atoms with van der Waals surface area (Å²) in [5, 5.41) is 2.43. The van der Waals surface area contributed by atoms with Gasteiger partial charge >= 0.3 is 0 Å². The maximum absolute atomic E-state index is 12.5. The molecule has 0 spiro atoms. The average Bonchev–Trinajstić information content (AvgIpc) is 2.40. The SMILES string of the molecule is CCCN(CC(=O)NC)S(=O)(=O)c1ccc(C)c(N)c1. The average molecular weight is 299 g/mol. The highest BCUT2D eigenvalue weighted by atomic mass is 32.2. The van der Waals surface area contributed by atoms with E-state index >= 15 is 0 Å². The number of nitrogens with two attached hydrogens (primary N) is 1. The number of carbonyl (C=O) groups is 1. The number of benzene rings is 1. The second-order valence-corrected chi connectivity index (χ2v) is 6.47. The van der Waals surface area contributed by atoms with Crippen LogP contribution in [-0.4, -0.2) is 38.8 Å². The van der Waals surface area contributed by atoms with Gasteiger partial charge in [0.15, 0.2) is 0 Å². The molecule has 112 valence electrons. The van der Waals surface area contributed by atoms with E-state index in [-0.39, 0.29) is 23.9 Å². The van der Waals surface area contributed by atoms with E-state index in [9.17, 15) is 13.2 Å². The van der Waals surface area contributed by atoms with Crippen LogP contribution in [0, 0.1) is 6.92 Å². The number of hydrogen-bond donors (Lipinski definition) is 2. The quantitative estimate of drug-likeness (QED) is 0.757. The van der Waals surface area contributed by atoms with Gasteiger partial charge in [-0.1, -0.05) is 13.0 Å². The van der Waals surface area contributed by atoms with E-state index in [0.29, 0.717) is 12.1 Å². The van der Waals surface area contributed by atoms with Crippen LogP contribution in [0.25, 0.3) is 0 Å². The Bertz CT molecular complexity index is 585. The highest BCUT2D eigenvalue weighted by molar-refractivity contribution is 7.89. The second-order valence-electron chi connectivity index (χ2n) is 4.53. The predicted octanol–water partition coefficient (Wildman–Crippen LogP) is 0.724. The first kappa shape index (κ1) is 16.5. The van der Waals surface area contributed by atoms with Crippen molar-refractivity contribution < 1.29 is 13.2 Å². The van der Waals surface area contributed by atoms with Gasteiger partial charge in [0.2, 0.25) is 15.9 Å². The number of likely N-dealkylation sites (N-methyl/N-ethyl adjacent to an activating group) is 1. The molecule has 3 N–H and O–H groups in total. The van der Waals surface area contributed by atoms with Gasteiger partial charge in [0.05, 0.1) is 11.4 Å². The molecular weight excluding hydrogens is 278 g/mol. The second kappa shape index (κ2) is 6.71. The zero-order valence-corrected chi connectivity index (χ0v) is 12.8. The Labute approximate surface area is 120 Å². The van der Waals surface area contributed by atoms with Gasteiger partial charge in [-0.15, -0.1) is 0 Å². The topological polar surface area (TPSA) is 92.5 Å². The Balaban J connectivity index is 3.14. The van der Waals surface area contributed by atoms with Gasteiger partial charge in [-0.2, -0.15) is 4.31 Å². The molecule has 0 saturated carbocycles. The van der Waals surface area contributed by atoms with Crippen molar-refractivity contribution in [1.29, 1.82) is 0 Å². The molecule has 20 heavy (non-hydrogen) atoms. The van der Waals surface area contributed by atoms with Gasteiger partial charge in [0, 0.05) is 19.3 Å². The summed E-state index contributed by atoms with van der Waals surface area (Å²) in [5.41, 5.74) is 6.99. The Morgan fingerprint density at radius 2 is 2.05 bits per heavy atom. The molecule has 1 aromatic carbocycles. The van der Waals surface area contributed by atoms with Crippen LogP contribution in [0.15, 0.2) is 23.1 Å². The number of anilines is 1. The minimum atomic E-state index is -3.72. The van der Waals surface area contributed by atoms with Crippen molar-refractivity contribution in [3.05, 3.63) is 23.8 Å². The van der Waals surface area contributed by atoms with E-state index in [0.717, 1.165) is 9.87 Å². The van der Waals surface area contributed by atoms with E-state index in [1.807, 2.05) is 6.92 Å². The molecular formula is C13H21N3O3S. The summed E-state index contributed by atoms with van der Waals surface area (Å²) in [6.45, 7) is 3.75. The van der Waals surface area contributed by atoms with Gasteiger partial charge in [-0.3, -0.25) is 4.79 Å². The van der Waals surface area contributed by atoms with Crippen molar-refractivity contribution in [1.82, 2.24) is 9.62 Å². The van der Waals surface area contributed by atoms with Crippen molar-refractivity contribution in [2.45, 2.75) is 25.2 Å². The molecule has 0 aliphatic carbocycles. The van der Waals surface area contributed by atoms with Gasteiger partial charge in [0.1, 0.15) is 0 Å². The number of sulfonamides is 1. The van der Waals surface area contributed by atoms with Crippen LogP contribution in [0.1, 0.15) is 18.9 Å². The lowest BCUT2D eigenvalue weighted by atomic mass is 10.2. The maximum atomic E-state index is 12.5. The van der Waals surface area contributed by atoms with Crippen molar-refractivity contribution in [3.63, 3.8) is 0 Å². The Kier molecular flexibility index (Phi) is 5.52. The van der Waals surface area contributed by atoms with Crippen LogP contribution in [0.4, 0.5) is 5.69 Å². The molecule has 7 heteroatoms. The van der Waals surface area contributed by atoms with E-state index in [4.69, 9.17) is 5.73 Å². The van der Waals surface area contributed by atoms with Crippen LogP contribution >= 0.6 is 0 Å². The van der Waals surface area contributed by atoms with E-state index in [1.54, 1.807) is 13.0 Å². The van der Waals surface area contributed by atoms with Crippen LogP contribution in [0.5, 0.6) is 0 Å².